The molecule has 0 radical (unpaired) electrons. The van der Waals surface area contributed by atoms with Gasteiger partial charge in [-0.1, -0.05) is 72.3 Å². The number of sulfonamides is 1. The van der Waals surface area contributed by atoms with Crippen molar-refractivity contribution >= 4 is 21.6 Å². The number of hydrogen-bond donors (Lipinski definition) is 0. The normalized spacial score (nSPS) is 15.9. The molecule has 1 aromatic heterocycles. The van der Waals surface area contributed by atoms with E-state index in [1.54, 1.807) is 4.31 Å². The molecule has 1 aliphatic heterocycles. The lowest BCUT2D eigenvalue weighted by atomic mass is 10.2. The highest BCUT2D eigenvalue weighted by Gasteiger charge is 2.28. The Hall–Kier alpha value is -2.19. The lowest BCUT2D eigenvalue weighted by molar-refractivity contribution is 0.181. The molecule has 6 nitrogen and oxygen atoms in total. The number of halogens is 1. The van der Waals surface area contributed by atoms with Gasteiger partial charge >= 0.3 is 0 Å². The molecule has 2 aromatic carbocycles. The summed E-state index contributed by atoms with van der Waals surface area (Å²) in [5, 5.41) is 5.28. The molecule has 1 saturated heterocycles. The van der Waals surface area contributed by atoms with Crippen molar-refractivity contribution in [1.29, 1.82) is 0 Å². The Labute approximate surface area is 189 Å². The monoisotopic (exact) mass is 458 g/mol. The van der Waals surface area contributed by atoms with Crippen LogP contribution in [0.1, 0.15) is 22.4 Å². The molecule has 3 aromatic rings. The number of aryl methyl sites for hydroxylation is 1. The van der Waals surface area contributed by atoms with Crippen LogP contribution in [0.5, 0.6) is 0 Å². The zero-order chi connectivity index (χ0) is 21.8. The van der Waals surface area contributed by atoms with E-state index >= 15 is 0 Å². The van der Waals surface area contributed by atoms with E-state index in [1.807, 2.05) is 60.1 Å². The number of benzene rings is 2. The maximum atomic E-state index is 12.8. The molecule has 2 heterocycles. The molecule has 0 unspecified atom stereocenters. The van der Waals surface area contributed by atoms with Crippen LogP contribution in [0.4, 0.5) is 0 Å². The van der Waals surface area contributed by atoms with Gasteiger partial charge < -0.3 is 0 Å². The molecule has 8 heteroatoms. The standard InChI is InChI=1S/C23H27ClN4O2S/c1-19-22(23(24)28(25-19)16-20-8-4-2-5-9-20)17-26-12-14-27(15-13-26)31(29,30)18-21-10-6-3-7-11-21/h2-11H,12-18H2,1H3. The van der Waals surface area contributed by atoms with Crippen molar-refractivity contribution in [2.75, 3.05) is 26.2 Å². The summed E-state index contributed by atoms with van der Waals surface area (Å²) >= 11 is 6.66. The molecule has 0 N–H and O–H groups in total. The molecular weight excluding hydrogens is 432 g/mol. The lowest BCUT2D eigenvalue weighted by Crippen LogP contribution is -2.48. The first-order chi connectivity index (χ1) is 14.9. The SMILES string of the molecule is Cc1nn(Cc2ccccc2)c(Cl)c1CN1CCN(S(=O)(=O)Cc2ccccc2)CC1. The van der Waals surface area contributed by atoms with Crippen LogP contribution in [-0.4, -0.2) is 53.6 Å². The summed E-state index contributed by atoms with van der Waals surface area (Å²) in [4.78, 5) is 2.25. The van der Waals surface area contributed by atoms with E-state index in [1.165, 1.54) is 0 Å². The third kappa shape index (κ3) is 5.36. The van der Waals surface area contributed by atoms with Gasteiger partial charge in [0.1, 0.15) is 5.15 Å². The van der Waals surface area contributed by atoms with Gasteiger partial charge in [-0.05, 0) is 18.1 Å². The molecule has 0 aliphatic carbocycles. The zero-order valence-corrected chi connectivity index (χ0v) is 19.2. The maximum Gasteiger partial charge on any atom is 0.218 e. The minimum absolute atomic E-state index is 0.0467. The van der Waals surface area contributed by atoms with Gasteiger partial charge in [-0.3, -0.25) is 4.90 Å². The van der Waals surface area contributed by atoms with Crippen LogP contribution in [0.25, 0.3) is 0 Å². The summed E-state index contributed by atoms with van der Waals surface area (Å²) in [5.74, 6) is 0.0467. The number of hydrogen-bond acceptors (Lipinski definition) is 4. The smallest absolute Gasteiger partial charge is 0.218 e. The summed E-state index contributed by atoms with van der Waals surface area (Å²) in [7, 11) is -3.32. The first-order valence-electron chi connectivity index (χ1n) is 10.4. The Balaban J connectivity index is 1.37. The molecule has 164 valence electrons. The first kappa shape index (κ1) is 22.0. The van der Waals surface area contributed by atoms with Crippen molar-refractivity contribution in [2.24, 2.45) is 0 Å². The summed E-state index contributed by atoms with van der Waals surface area (Å²) < 4.78 is 29.0. The predicted molar refractivity (Wildman–Crippen MR) is 123 cm³/mol. The molecule has 0 bridgehead atoms. The second-order valence-corrected chi connectivity index (χ2v) is 10.2. The van der Waals surface area contributed by atoms with Crippen molar-refractivity contribution in [3.05, 3.63) is 88.2 Å². The highest BCUT2D eigenvalue weighted by atomic mass is 35.5. The minimum atomic E-state index is -3.32. The Kier molecular flexibility index (Phi) is 6.77. The fourth-order valence-corrected chi connectivity index (χ4v) is 5.71. The number of nitrogens with zero attached hydrogens (tertiary/aromatic N) is 4. The average Bonchev–Trinajstić information content (AvgIpc) is 3.02. The van der Waals surface area contributed by atoms with Crippen LogP contribution in [0, 0.1) is 6.92 Å². The van der Waals surface area contributed by atoms with E-state index in [2.05, 4.69) is 22.1 Å². The third-order valence-corrected chi connectivity index (χ3v) is 7.93. The summed E-state index contributed by atoms with van der Waals surface area (Å²) in [6.07, 6.45) is 0. The van der Waals surface area contributed by atoms with E-state index in [0.717, 1.165) is 22.4 Å². The number of aromatic nitrogens is 2. The van der Waals surface area contributed by atoms with Crippen molar-refractivity contribution in [3.63, 3.8) is 0 Å². The maximum absolute atomic E-state index is 12.8. The van der Waals surface area contributed by atoms with Gasteiger partial charge in [0, 0.05) is 38.3 Å². The Morgan fingerprint density at radius 2 is 1.45 bits per heavy atom. The van der Waals surface area contributed by atoms with E-state index < -0.39 is 10.0 Å². The van der Waals surface area contributed by atoms with Gasteiger partial charge in [0.05, 0.1) is 18.0 Å². The third-order valence-electron chi connectivity index (χ3n) is 5.66. The Morgan fingerprint density at radius 3 is 2.06 bits per heavy atom. The highest BCUT2D eigenvalue weighted by molar-refractivity contribution is 7.88. The van der Waals surface area contributed by atoms with E-state index in [4.69, 9.17) is 11.6 Å². The molecule has 4 rings (SSSR count). The summed E-state index contributed by atoms with van der Waals surface area (Å²) in [5.41, 5.74) is 3.90. The van der Waals surface area contributed by atoms with Crippen LogP contribution in [0.2, 0.25) is 5.15 Å². The predicted octanol–water partition coefficient (Wildman–Crippen LogP) is 3.54. The van der Waals surface area contributed by atoms with Gasteiger partial charge in [0.2, 0.25) is 10.0 Å². The molecule has 0 saturated carbocycles. The zero-order valence-electron chi connectivity index (χ0n) is 17.6. The largest absolute Gasteiger partial charge is 0.296 e. The van der Waals surface area contributed by atoms with Gasteiger partial charge in [-0.15, -0.1) is 0 Å². The van der Waals surface area contributed by atoms with Crippen molar-refractivity contribution in [2.45, 2.75) is 25.8 Å². The quantitative estimate of drug-likeness (QED) is 0.543. The van der Waals surface area contributed by atoms with Crippen molar-refractivity contribution < 1.29 is 8.42 Å². The lowest BCUT2D eigenvalue weighted by Gasteiger charge is -2.34. The highest BCUT2D eigenvalue weighted by Crippen LogP contribution is 2.24. The fourth-order valence-electron chi connectivity index (χ4n) is 3.90. The Bertz CT molecular complexity index is 1110. The van der Waals surface area contributed by atoms with Crippen molar-refractivity contribution in [1.82, 2.24) is 19.0 Å². The molecule has 31 heavy (non-hydrogen) atoms. The first-order valence-corrected chi connectivity index (χ1v) is 12.4. The average molecular weight is 459 g/mol. The second kappa shape index (κ2) is 9.53. The summed E-state index contributed by atoms with van der Waals surface area (Å²) in [6, 6.07) is 19.5. The molecular formula is C23H27ClN4O2S. The molecule has 1 fully saturated rings. The van der Waals surface area contributed by atoms with Crippen LogP contribution in [0.3, 0.4) is 0 Å². The molecule has 0 amide bonds. The van der Waals surface area contributed by atoms with E-state index in [9.17, 15) is 8.42 Å². The number of piperazine rings is 1. The van der Waals surface area contributed by atoms with Gasteiger partial charge in [0.25, 0.3) is 0 Å². The van der Waals surface area contributed by atoms with Crippen LogP contribution >= 0.6 is 11.6 Å². The number of rotatable bonds is 7. The van der Waals surface area contributed by atoms with Gasteiger partial charge in [-0.2, -0.15) is 9.40 Å². The van der Waals surface area contributed by atoms with Gasteiger partial charge in [-0.25, -0.2) is 13.1 Å². The fraction of sp³-hybridized carbons (Fsp3) is 0.348. The molecule has 1 aliphatic rings. The van der Waals surface area contributed by atoms with Crippen LogP contribution < -0.4 is 0 Å². The topological polar surface area (TPSA) is 58.4 Å². The molecule has 0 atom stereocenters. The molecule has 0 spiro atoms. The summed E-state index contributed by atoms with van der Waals surface area (Å²) in [6.45, 7) is 5.61. The Morgan fingerprint density at radius 1 is 0.871 bits per heavy atom. The second-order valence-electron chi connectivity index (χ2n) is 7.92. The van der Waals surface area contributed by atoms with Crippen LogP contribution in [0.15, 0.2) is 60.7 Å². The van der Waals surface area contributed by atoms with Crippen molar-refractivity contribution in [3.8, 4) is 0 Å². The minimum Gasteiger partial charge on any atom is -0.296 e. The van der Waals surface area contributed by atoms with E-state index in [-0.39, 0.29) is 5.75 Å². The van der Waals surface area contributed by atoms with Gasteiger partial charge in [0.15, 0.2) is 0 Å². The van der Waals surface area contributed by atoms with Crippen LogP contribution in [-0.2, 0) is 28.9 Å². The van der Waals surface area contributed by atoms with E-state index in [0.29, 0.717) is 44.4 Å².